The summed E-state index contributed by atoms with van der Waals surface area (Å²) in [5, 5.41) is 3.41. The number of morpholine rings is 1. The zero-order valence-corrected chi connectivity index (χ0v) is 20.3. The number of hydrogen-bond donors (Lipinski definition) is 1. The minimum Gasteiger partial charge on any atom is -0.493 e. The molecule has 1 aliphatic rings. The molecular weight excluding hydrogens is 444 g/mol. The van der Waals surface area contributed by atoms with Crippen molar-refractivity contribution in [3.8, 4) is 11.5 Å². The van der Waals surface area contributed by atoms with E-state index in [2.05, 4.69) is 10.2 Å². The van der Waals surface area contributed by atoms with Crippen molar-refractivity contribution >= 4 is 17.3 Å². The Morgan fingerprint density at radius 2 is 1.77 bits per heavy atom. The molecule has 0 atom stereocenters. The second-order valence-electron chi connectivity index (χ2n) is 8.16. The quantitative estimate of drug-likeness (QED) is 0.418. The molecule has 35 heavy (non-hydrogen) atoms. The van der Waals surface area contributed by atoms with Crippen molar-refractivity contribution in [3.63, 3.8) is 0 Å². The zero-order chi connectivity index (χ0) is 24.5. The van der Waals surface area contributed by atoms with Crippen LogP contribution < -0.4 is 19.7 Å². The first-order valence-corrected chi connectivity index (χ1v) is 11.9. The average molecular weight is 477 g/mol. The summed E-state index contributed by atoms with van der Waals surface area (Å²) in [6.45, 7) is 5.97. The van der Waals surface area contributed by atoms with Gasteiger partial charge in [-0.1, -0.05) is 36.4 Å². The number of nitrogens with one attached hydrogen (secondary N) is 1. The maximum Gasteiger partial charge on any atom is 0.340 e. The van der Waals surface area contributed by atoms with Gasteiger partial charge in [-0.3, -0.25) is 0 Å². The number of hydrogen-bond acceptors (Lipinski definition) is 7. The van der Waals surface area contributed by atoms with Crippen molar-refractivity contribution in [1.82, 2.24) is 0 Å². The van der Waals surface area contributed by atoms with Crippen molar-refractivity contribution in [1.29, 1.82) is 0 Å². The molecule has 1 aliphatic heterocycles. The van der Waals surface area contributed by atoms with Crippen LogP contribution in [0.15, 0.2) is 66.7 Å². The molecule has 7 heteroatoms. The number of benzene rings is 3. The number of carbonyl (C=O) groups excluding carboxylic acids is 1. The highest BCUT2D eigenvalue weighted by Crippen LogP contribution is 2.30. The molecule has 0 amide bonds. The summed E-state index contributed by atoms with van der Waals surface area (Å²) in [7, 11) is 1.64. The van der Waals surface area contributed by atoms with Crippen LogP contribution in [0, 0.1) is 0 Å². The number of nitrogens with zero attached hydrogens (tertiary/aromatic N) is 1. The fourth-order valence-corrected chi connectivity index (χ4v) is 3.98. The van der Waals surface area contributed by atoms with Crippen LogP contribution in [0.1, 0.15) is 28.4 Å². The number of methoxy groups -OCH3 is 1. The van der Waals surface area contributed by atoms with Crippen LogP contribution in [0.3, 0.4) is 0 Å². The summed E-state index contributed by atoms with van der Waals surface area (Å²) in [4.78, 5) is 14.8. The van der Waals surface area contributed by atoms with Crippen LogP contribution in [0.4, 0.5) is 11.4 Å². The highest BCUT2D eigenvalue weighted by Gasteiger charge is 2.20. The number of rotatable bonds is 10. The van der Waals surface area contributed by atoms with E-state index in [-0.39, 0.29) is 5.97 Å². The summed E-state index contributed by atoms with van der Waals surface area (Å²) in [6, 6.07) is 21.7. The van der Waals surface area contributed by atoms with Crippen molar-refractivity contribution in [3.05, 3.63) is 83.4 Å². The Labute approximate surface area is 206 Å². The van der Waals surface area contributed by atoms with Crippen molar-refractivity contribution in [2.75, 3.05) is 50.2 Å². The third-order valence-electron chi connectivity index (χ3n) is 5.81. The molecule has 1 fully saturated rings. The van der Waals surface area contributed by atoms with E-state index in [1.807, 2.05) is 73.7 Å². The molecule has 3 aromatic carbocycles. The Kier molecular flexibility index (Phi) is 8.46. The molecule has 1 heterocycles. The molecular formula is C28H32N2O5. The van der Waals surface area contributed by atoms with Crippen LogP contribution in [0.25, 0.3) is 0 Å². The van der Waals surface area contributed by atoms with Gasteiger partial charge in [0.2, 0.25) is 0 Å². The first-order valence-electron chi connectivity index (χ1n) is 11.9. The van der Waals surface area contributed by atoms with E-state index >= 15 is 0 Å². The summed E-state index contributed by atoms with van der Waals surface area (Å²) >= 11 is 0. The Balaban J connectivity index is 1.45. The van der Waals surface area contributed by atoms with Crippen molar-refractivity contribution < 1.29 is 23.7 Å². The fraction of sp³-hybridized carbons (Fsp3) is 0.321. The molecule has 3 aromatic rings. The third kappa shape index (κ3) is 6.45. The Morgan fingerprint density at radius 3 is 2.51 bits per heavy atom. The van der Waals surface area contributed by atoms with E-state index in [9.17, 15) is 4.79 Å². The first-order chi connectivity index (χ1) is 17.2. The highest BCUT2D eigenvalue weighted by atomic mass is 16.5. The van der Waals surface area contributed by atoms with Gasteiger partial charge in [0.15, 0.2) is 11.5 Å². The van der Waals surface area contributed by atoms with E-state index in [4.69, 9.17) is 18.9 Å². The van der Waals surface area contributed by atoms with Gasteiger partial charge in [-0.15, -0.1) is 0 Å². The van der Waals surface area contributed by atoms with Gasteiger partial charge in [0.1, 0.15) is 6.61 Å². The smallest absolute Gasteiger partial charge is 0.340 e. The standard InChI is InChI=1S/C28H32N2O5/c1-3-34-28(31)24-18-23(10-11-25(24)30-13-15-33-16-14-30)29-19-22-9-12-26(27(17-22)32-2)35-20-21-7-5-4-6-8-21/h4-12,17-18,29H,3,13-16,19-20H2,1-2H3. The average Bonchev–Trinajstić information content (AvgIpc) is 2.92. The lowest BCUT2D eigenvalue weighted by molar-refractivity contribution is 0.0526. The van der Waals surface area contributed by atoms with Crippen LogP contribution in [-0.4, -0.2) is 46.0 Å². The van der Waals surface area contributed by atoms with Gasteiger partial charge in [0.05, 0.1) is 38.2 Å². The molecule has 4 rings (SSSR count). The summed E-state index contributed by atoms with van der Waals surface area (Å²) < 4.78 is 22.3. The lowest BCUT2D eigenvalue weighted by Crippen LogP contribution is -2.37. The first kappa shape index (κ1) is 24.4. The Hall–Kier alpha value is -3.71. The molecule has 0 radical (unpaired) electrons. The van der Waals surface area contributed by atoms with E-state index < -0.39 is 0 Å². The van der Waals surface area contributed by atoms with Gasteiger partial charge in [-0.25, -0.2) is 4.79 Å². The fourth-order valence-electron chi connectivity index (χ4n) is 3.98. The minimum atomic E-state index is -0.320. The summed E-state index contributed by atoms with van der Waals surface area (Å²) in [6.07, 6.45) is 0. The molecule has 0 saturated carbocycles. The number of carbonyl (C=O) groups is 1. The van der Waals surface area contributed by atoms with E-state index in [0.29, 0.717) is 50.0 Å². The maximum atomic E-state index is 12.7. The predicted octanol–water partition coefficient (Wildman–Crippen LogP) is 4.90. The normalized spacial score (nSPS) is 13.3. The number of ether oxygens (including phenoxy) is 4. The van der Waals surface area contributed by atoms with Gasteiger partial charge in [0, 0.05) is 25.3 Å². The van der Waals surface area contributed by atoms with Gasteiger partial charge in [0.25, 0.3) is 0 Å². The van der Waals surface area contributed by atoms with Gasteiger partial charge >= 0.3 is 5.97 Å². The van der Waals surface area contributed by atoms with Gasteiger partial charge in [-0.2, -0.15) is 0 Å². The second-order valence-corrected chi connectivity index (χ2v) is 8.16. The molecule has 0 bridgehead atoms. The van der Waals surface area contributed by atoms with Gasteiger partial charge < -0.3 is 29.2 Å². The van der Waals surface area contributed by atoms with E-state index in [0.717, 1.165) is 35.6 Å². The van der Waals surface area contributed by atoms with Crippen molar-refractivity contribution in [2.45, 2.75) is 20.1 Å². The topological polar surface area (TPSA) is 69.3 Å². The second kappa shape index (κ2) is 12.1. The summed E-state index contributed by atoms with van der Waals surface area (Å²) in [5.74, 6) is 1.05. The minimum absolute atomic E-state index is 0.320. The van der Waals surface area contributed by atoms with Crippen LogP contribution in [0.5, 0.6) is 11.5 Å². The zero-order valence-electron chi connectivity index (χ0n) is 20.3. The Morgan fingerprint density at radius 1 is 0.971 bits per heavy atom. The molecule has 1 N–H and O–H groups in total. The molecule has 0 unspecified atom stereocenters. The molecule has 0 aliphatic carbocycles. The third-order valence-corrected chi connectivity index (χ3v) is 5.81. The monoisotopic (exact) mass is 476 g/mol. The van der Waals surface area contributed by atoms with Gasteiger partial charge in [-0.05, 0) is 48.4 Å². The highest BCUT2D eigenvalue weighted by molar-refractivity contribution is 5.97. The Bertz CT molecular complexity index is 1110. The summed E-state index contributed by atoms with van der Waals surface area (Å²) in [5.41, 5.74) is 4.40. The van der Waals surface area contributed by atoms with E-state index in [1.54, 1.807) is 7.11 Å². The molecule has 184 valence electrons. The van der Waals surface area contributed by atoms with Crippen LogP contribution in [0.2, 0.25) is 0 Å². The molecule has 0 aromatic heterocycles. The lowest BCUT2D eigenvalue weighted by atomic mass is 10.1. The lowest BCUT2D eigenvalue weighted by Gasteiger charge is -2.30. The van der Waals surface area contributed by atoms with E-state index in [1.165, 1.54) is 0 Å². The number of anilines is 2. The molecule has 1 saturated heterocycles. The molecule has 7 nitrogen and oxygen atoms in total. The SMILES string of the molecule is CCOC(=O)c1cc(NCc2ccc(OCc3ccccc3)c(OC)c2)ccc1N1CCOCC1. The largest absolute Gasteiger partial charge is 0.493 e. The van der Waals surface area contributed by atoms with Crippen molar-refractivity contribution in [2.24, 2.45) is 0 Å². The number of esters is 1. The van der Waals surface area contributed by atoms with Crippen LogP contribution in [-0.2, 0) is 22.6 Å². The molecule has 0 spiro atoms. The van der Waals surface area contributed by atoms with Crippen LogP contribution >= 0.6 is 0 Å². The maximum absolute atomic E-state index is 12.7. The predicted molar refractivity (Wildman–Crippen MR) is 137 cm³/mol.